The average Bonchev–Trinajstić information content (AvgIpc) is 3.39. The second-order valence-electron chi connectivity index (χ2n) is 13.9. The predicted molar refractivity (Wildman–Crippen MR) is 193 cm³/mol. The molecule has 0 unspecified atom stereocenters. The highest BCUT2D eigenvalue weighted by Crippen LogP contribution is 2.49. The van der Waals surface area contributed by atoms with E-state index < -0.39 is 83.1 Å². The van der Waals surface area contributed by atoms with Crippen LogP contribution in [0.15, 0.2) is 52.6 Å². The minimum Gasteiger partial charge on any atom is -0.507 e. The molecule has 3 aliphatic heterocycles. The smallest absolute Gasteiger partial charge is 0.312 e. The topological polar surface area (TPSA) is 200 Å². The molecule has 1 aromatic carbocycles. The zero-order chi connectivity index (χ0) is 39.7. The summed E-state index contributed by atoms with van der Waals surface area (Å²) in [6.45, 7) is 12.6. The first-order valence-corrected chi connectivity index (χ1v) is 17.4. The molecule has 4 aliphatic rings. The molecule has 14 heteroatoms. The molecule has 0 radical (unpaired) electrons. The number of fused-ring (bicyclic) bond motifs is 14. The maximum Gasteiger partial charge on any atom is 0.312 e. The number of ketones is 2. The Hall–Kier alpha value is -4.79. The summed E-state index contributed by atoms with van der Waals surface area (Å²) >= 11 is 0. The molecular weight excluding hydrogens is 688 g/mol. The minimum atomic E-state index is -1.98. The quantitative estimate of drug-likeness (QED) is 0.327. The van der Waals surface area contributed by atoms with Crippen molar-refractivity contribution in [1.82, 2.24) is 5.32 Å². The van der Waals surface area contributed by atoms with E-state index in [1.54, 1.807) is 39.8 Å². The number of ether oxygens (including phenoxy) is 5. The van der Waals surface area contributed by atoms with Crippen LogP contribution in [0.2, 0.25) is 0 Å². The minimum absolute atomic E-state index is 0.00898. The van der Waals surface area contributed by atoms with Crippen LogP contribution in [0.5, 0.6) is 11.5 Å². The van der Waals surface area contributed by atoms with E-state index in [0.717, 1.165) is 0 Å². The van der Waals surface area contributed by atoms with Crippen molar-refractivity contribution in [2.45, 2.75) is 85.6 Å². The molecule has 1 aromatic rings. The van der Waals surface area contributed by atoms with Gasteiger partial charge in [0.25, 0.3) is 11.7 Å². The summed E-state index contributed by atoms with van der Waals surface area (Å²) in [4.78, 5) is 58.4. The van der Waals surface area contributed by atoms with Gasteiger partial charge < -0.3 is 44.3 Å². The first-order valence-electron chi connectivity index (χ1n) is 17.4. The van der Waals surface area contributed by atoms with Crippen LogP contribution in [0.3, 0.4) is 0 Å². The number of phenolic OH excluding ortho intramolecular Hbond substituents is 1. The number of nitrogens with one attached hydrogen (secondary N) is 1. The molecule has 1 aliphatic carbocycles. The van der Waals surface area contributed by atoms with E-state index >= 15 is 0 Å². The fourth-order valence-corrected chi connectivity index (χ4v) is 7.09. The highest BCUT2D eigenvalue weighted by Gasteiger charge is 2.52. The average molecular weight is 739 g/mol. The fourth-order valence-electron chi connectivity index (χ4n) is 7.09. The van der Waals surface area contributed by atoms with E-state index in [1.165, 1.54) is 67.4 Å². The van der Waals surface area contributed by atoms with Crippen molar-refractivity contribution in [3.05, 3.63) is 69.8 Å². The molecule has 5 bridgehead atoms. The number of carbonyl (C=O) groups excluding carboxylic acids is 4. The highest BCUT2D eigenvalue weighted by atomic mass is 16.7. The van der Waals surface area contributed by atoms with Crippen LogP contribution < -0.4 is 10.1 Å². The van der Waals surface area contributed by atoms with Crippen LogP contribution in [0.25, 0.3) is 0 Å². The van der Waals surface area contributed by atoms with Crippen molar-refractivity contribution >= 4 is 29.2 Å². The third-order valence-corrected chi connectivity index (χ3v) is 10.4. The number of aliphatic imine (C=N–C) groups is 1. The molecule has 1 amide bonds. The Morgan fingerprint density at radius 3 is 2.21 bits per heavy atom. The van der Waals surface area contributed by atoms with Gasteiger partial charge in [-0.2, -0.15) is 0 Å². The van der Waals surface area contributed by atoms with Gasteiger partial charge in [0.1, 0.15) is 29.0 Å². The molecule has 0 aromatic heterocycles. The normalized spacial score (nSPS) is 31.9. The van der Waals surface area contributed by atoms with Crippen LogP contribution in [0.1, 0.15) is 80.3 Å². The molecule has 288 valence electrons. The fraction of sp³-hybridized carbons (Fsp3) is 0.513. The Kier molecular flexibility index (Phi) is 12.4. The summed E-state index contributed by atoms with van der Waals surface area (Å²) in [5.41, 5.74) is -0.420. The van der Waals surface area contributed by atoms with Gasteiger partial charge in [-0.05, 0) is 19.9 Å². The number of aliphatic hydroxyl groups is 2. The monoisotopic (exact) mass is 738 g/mol. The van der Waals surface area contributed by atoms with Crippen LogP contribution in [0.4, 0.5) is 0 Å². The number of allylic oxidation sites excluding steroid dienone is 4. The molecule has 9 atom stereocenters. The number of esters is 1. The van der Waals surface area contributed by atoms with Crippen molar-refractivity contribution in [3.63, 3.8) is 0 Å². The number of amides is 1. The summed E-state index contributed by atoms with van der Waals surface area (Å²) in [5.74, 6) is -7.80. The first kappa shape index (κ1) is 41.0. The summed E-state index contributed by atoms with van der Waals surface area (Å²) in [7, 11) is 4.13. The number of methoxy groups -OCH3 is 2. The van der Waals surface area contributed by atoms with E-state index in [1.807, 2.05) is 0 Å². The van der Waals surface area contributed by atoms with E-state index in [4.69, 9.17) is 23.7 Å². The van der Waals surface area contributed by atoms with Gasteiger partial charge in [-0.15, -0.1) is 0 Å². The molecule has 0 saturated carbocycles. The van der Waals surface area contributed by atoms with Crippen LogP contribution in [-0.4, -0.2) is 95.9 Å². The van der Waals surface area contributed by atoms with Crippen molar-refractivity contribution in [1.29, 1.82) is 0 Å². The van der Waals surface area contributed by atoms with Gasteiger partial charge in [0.05, 0.1) is 42.8 Å². The zero-order valence-electron chi connectivity index (χ0n) is 32.0. The lowest BCUT2D eigenvalue weighted by atomic mass is 9.78. The number of phenols is 1. The standard InChI is InChI=1S/C39H50N2O12/c1-17-13-12-14-18(2)38(48)41-29-33(46)26-25(28(40-9)36(29)50-11)27-35(22(6)32(26)45)53-39(8,37(27)47)51-16-15-24(49-10)19(3)34(52-23(7)42)21(5)31(44)20(4)30(17)43/h12-17,19-21,24,30-31,34,43-45H,1-11H3,(H,41,48)/t17-,19+,20+,21+,24-,30-,31+,34+,39-/m0/s1. The van der Waals surface area contributed by atoms with E-state index in [9.17, 15) is 34.5 Å². The maximum atomic E-state index is 14.2. The molecule has 53 heavy (non-hydrogen) atoms. The first-order chi connectivity index (χ1) is 24.9. The second kappa shape index (κ2) is 16.1. The molecular formula is C39H50N2O12. The number of nitrogens with zero attached hydrogens (tertiary/aromatic N) is 1. The number of aliphatic hydroxyl groups excluding tert-OH is 2. The number of hydrogen-bond acceptors (Lipinski definition) is 13. The molecule has 0 spiro atoms. The van der Waals surface area contributed by atoms with Gasteiger partial charge in [0.15, 0.2) is 5.76 Å². The largest absolute Gasteiger partial charge is 0.507 e. The lowest BCUT2D eigenvalue weighted by Gasteiger charge is -2.38. The van der Waals surface area contributed by atoms with E-state index in [0.29, 0.717) is 0 Å². The molecule has 5 rings (SSSR count). The van der Waals surface area contributed by atoms with Crippen molar-refractivity contribution in [2.75, 3.05) is 21.3 Å². The third kappa shape index (κ3) is 7.53. The van der Waals surface area contributed by atoms with Gasteiger partial charge in [-0.25, -0.2) is 0 Å². The molecule has 4 N–H and O–H groups in total. The SMILES string of the molecule is CN=C1C(OC)=C2NC(=O)C(C)=CC=C[C@H](C)[C@H](O)[C@@H](C)[C@@H](O)[C@@H](C)[C@H](OC(C)=O)[C@H](C)[C@@H](OC)C=CO[C@@]3(C)Oc4c(C)c(O)c(c1c4C3=O)C2=O. The summed E-state index contributed by atoms with van der Waals surface area (Å²) in [6, 6.07) is 0. The highest BCUT2D eigenvalue weighted by molar-refractivity contribution is 6.33. The van der Waals surface area contributed by atoms with Gasteiger partial charge in [-0.3, -0.25) is 24.2 Å². The Morgan fingerprint density at radius 2 is 1.62 bits per heavy atom. The Labute approximate surface area is 309 Å². The van der Waals surface area contributed by atoms with Crippen LogP contribution in [0, 0.1) is 30.6 Å². The lowest BCUT2D eigenvalue weighted by Crippen LogP contribution is -2.46. The van der Waals surface area contributed by atoms with Crippen LogP contribution in [-0.2, 0) is 28.5 Å². The molecule has 3 heterocycles. The predicted octanol–water partition coefficient (Wildman–Crippen LogP) is 3.84. The summed E-state index contributed by atoms with van der Waals surface area (Å²) in [5, 5.41) is 36.7. The van der Waals surface area contributed by atoms with Gasteiger partial charge in [0, 0.05) is 68.4 Å². The number of hydrogen-bond donors (Lipinski definition) is 4. The number of aromatic hydroxyl groups is 1. The number of Topliss-reactive ketones (excluding diaryl/α,β-unsaturated/α-hetero) is 2. The van der Waals surface area contributed by atoms with Gasteiger partial charge >= 0.3 is 11.8 Å². The number of carbonyl (C=O) groups is 4. The molecule has 14 nitrogen and oxygen atoms in total. The Balaban J connectivity index is 1.91. The molecule has 0 saturated heterocycles. The summed E-state index contributed by atoms with van der Waals surface area (Å²) < 4.78 is 29.1. The van der Waals surface area contributed by atoms with E-state index in [-0.39, 0.29) is 50.7 Å². The van der Waals surface area contributed by atoms with Crippen molar-refractivity contribution < 1.29 is 58.2 Å². The Bertz CT molecular complexity index is 1820. The number of rotatable bonds is 3. The van der Waals surface area contributed by atoms with Crippen molar-refractivity contribution in [3.8, 4) is 11.5 Å². The Morgan fingerprint density at radius 1 is 0.962 bits per heavy atom. The van der Waals surface area contributed by atoms with Gasteiger partial charge in [0.2, 0.25) is 5.78 Å². The zero-order valence-corrected chi connectivity index (χ0v) is 32.0. The van der Waals surface area contributed by atoms with Crippen LogP contribution >= 0.6 is 0 Å². The van der Waals surface area contributed by atoms with Gasteiger partial charge in [-0.1, -0.05) is 45.9 Å². The maximum absolute atomic E-state index is 14.2. The summed E-state index contributed by atoms with van der Waals surface area (Å²) in [6.07, 6.45) is 3.65. The number of benzene rings is 1. The second-order valence-corrected chi connectivity index (χ2v) is 13.9. The van der Waals surface area contributed by atoms with Crippen molar-refractivity contribution in [2.24, 2.45) is 28.7 Å². The van der Waals surface area contributed by atoms with E-state index in [2.05, 4.69) is 10.3 Å². The third-order valence-electron chi connectivity index (χ3n) is 10.4. The lowest BCUT2D eigenvalue weighted by molar-refractivity contribution is -0.160. The molecule has 0 fully saturated rings.